The number of ether oxygens (including phenoxy) is 1. The van der Waals surface area contributed by atoms with Crippen LogP contribution in [0.2, 0.25) is 0 Å². The molecule has 7 heteroatoms. The number of hydrogen-bond acceptors (Lipinski definition) is 6. The fourth-order valence-corrected chi connectivity index (χ4v) is 7.92. The molecule has 0 saturated heterocycles. The number of nitrogens with zero attached hydrogens (tertiary/aromatic N) is 1. The number of methoxy groups -OCH3 is 1. The molecule has 3 saturated carbocycles. The minimum Gasteiger partial charge on any atom is -0.467 e. The second-order valence-electron chi connectivity index (χ2n) is 12.2. The number of amides is 1. The molecule has 0 aliphatic heterocycles. The summed E-state index contributed by atoms with van der Waals surface area (Å²) < 4.78 is 4.85. The van der Waals surface area contributed by atoms with Crippen molar-refractivity contribution in [1.29, 1.82) is 0 Å². The maximum absolute atomic E-state index is 12.5. The normalized spacial score (nSPS) is 37.3. The van der Waals surface area contributed by atoms with Gasteiger partial charge in [0, 0.05) is 5.41 Å². The van der Waals surface area contributed by atoms with Crippen LogP contribution < -0.4 is 5.32 Å². The highest BCUT2D eigenvalue weighted by Gasteiger charge is 2.61. The van der Waals surface area contributed by atoms with Gasteiger partial charge >= 0.3 is 5.97 Å². The first-order valence-electron chi connectivity index (χ1n) is 13.8. The van der Waals surface area contributed by atoms with Gasteiger partial charge < -0.3 is 20.0 Å². The van der Waals surface area contributed by atoms with Gasteiger partial charge in [-0.3, -0.25) is 4.79 Å². The summed E-state index contributed by atoms with van der Waals surface area (Å²) in [6.07, 6.45) is 12.8. The SMILES string of the molecule is COC(=O)[C@@H](NC(=O)CON=C1C=C[C@@]2(C)C(=C1)CC[C@@H]1[C@@H]2CC[C@@]2(C)[C@H]1CC[C@]2(C)O)c1ccccc1. The molecule has 38 heavy (non-hydrogen) atoms. The predicted molar refractivity (Wildman–Crippen MR) is 145 cm³/mol. The molecular weight excluding hydrogens is 480 g/mol. The quantitative estimate of drug-likeness (QED) is 0.412. The lowest BCUT2D eigenvalue weighted by Crippen LogP contribution is -2.53. The summed E-state index contributed by atoms with van der Waals surface area (Å²) >= 11 is 0. The van der Waals surface area contributed by atoms with Crippen LogP contribution in [-0.4, -0.2) is 42.0 Å². The number of hydrogen-bond donors (Lipinski definition) is 2. The number of esters is 1. The van der Waals surface area contributed by atoms with E-state index in [2.05, 4.69) is 36.5 Å². The van der Waals surface area contributed by atoms with Crippen molar-refractivity contribution in [3.63, 3.8) is 0 Å². The molecule has 1 amide bonds. The lowest BCUT2D eigenvalue weighted by molar-refractivity contribution is -0.145. The number of nitrogens with one attached hydrogen (secondary N) is 1. The molecule has 3 fully saturated rings. The van der Waals surface area contributed by atoms with Crippen molar-refractivity contribution >= 4 is 17.6 Å². The van der Waals surface area contributed by atoms with Gasteiger partial charge in [-0.15, -0.1) is 0 Å². The van der Waals surface area contributed by atoms with Crippen molar-refractivity contribution in [2.45, 2.75) is 70.9 Å². The topological polar surface area (TPSA) is 97.2 Å². The lowest BCUT2D eigenvalue weighted by atomic mass is 9.47. The monoisotopic (exact) mass is 520 g/mol. The summed E-state index contributed by atoms with van der Waals surface area (Å²) in [5.74, 6) is 0.760. The van der Waals surface area contributed by atoms with Crippen molar-refractivity contribution in [2.75, 3.05) is 13.7 Å². The number of aliphatic hydroxyl groups is 1. The number of carbonyl (C=O) groups is 2. The van der Waals surface area contributed by atoms with Crippen LogP contribution in [0.25, 0.3) is 0 Å². The van der Waals surface area contributed by atoms with E-state index in [1.807, 2.05) is 19.1 Å². The van der Waals surface area contributed by atoms with E-state index in [1.165, 1.54) is 12.7 Å². The standard InChI is InChI=1S/C31H40N2O5/c1-29-15-12-22(33-38-19-26(34)32-27(28(35)37-4)20-8-6-5-7-9-20)18-21(29)10-11-23-24(29)13-16-30(2)25(23)14-17-31(30,3)36/h5-9,12,15,18,23-25,27,36H,10-11,13-14,16-17,19H2,1-4H3,(H,32,34)/t23-,24+,25+,27+,29+,30+,31+/m1/s1. The van der Waals surface area contributed by atoms with Crippen molar-refractivity contribution in [2.24, 2.45) is 33.7 Å². The number of fused-ring (bicyclic) bond motifs is 5. The van der Waals surface area contributed by atoms with Crippen LogP contribution in [0.1, 0.15) is 70.9 Å². The van der Waals surface area contributed by atoms with Gasteiger partial charge in [-0.25, -0.2) is 4.79 Å². The highest BCUT2D eigenvalue weighted by Crippen LogP contribution is 2.66. The average molecular weight is 521 g/mol. The largest absolute Gasteiger partial charge is 0.467 e. The number of oxime groups is 1. The molecule has 4 aliphatic rings. The molecule has 2 N–H and O–H groups in total. The summed E-state index contributed by atoms with van der Waals surface area (Å²) in [5.41, 5.74) is 2.13. The number of benzene rings is 1. The predicted octanol–water partition coefficient (Wildman–Crippen LogP) is 4.88. The van der Waals surface area contributed by atoms with Gasteiger partial charge in [-0.1, -0.05) is 61.0 Å². The van der Waals surface area contributed by atoms with Crippen LogP contribution in [-0.2, 0) is 19.2 Å². The summed E-state index contributed by atoms with van der Waals surface area (Å²) in [6, 6.07) is 8.05. The summed E-state index contributed by atoms with van der Waals surface area (Å²) in [6.45, 7) is 6.41. The fourth-order valence-electron chi connectivity index (χ4n) is 7.92. The minimum absolute atomic E-state index is 0.0124. The molecule has 1 aromatic rings. The van der Waals surface area contributed by atoms with Crippen molar-refractivity contribution < 1.29 is 24.3 Å². The summed E-state index contributed by atoms with van der Waals surface area (Å²) in [7, 11) is 1.29. The van der Waals surface area contributed by atoms with Crippen molar-refractivity contribution in [3.8, 4) is 0 Å². The molecule has 0 radical (unpaired) electrons. The Kier molecular flexibility index (Phi) is 7.01. The molecular formula is C31H40N2O5. The smallest absolute Gasteiger partial charge is 0.333 e. The van der Waals surface area contributed by atoms with E-state index >= 15 is 0 Å². The highest BCUT2D eigenvalue weighted by atomic mass is 16.6. The molecule has 4 aliphatic carbocycles. The maximum Gasteiger partial charge on any atom is 0.333 e. The third-order valence-corrected chi connectivity index (χ3v) is 10.4. The molecule has 204 valence electrons. The Morgan fingerprint density at radius 1 is 1.11 bits per heavy atom. The van der Waals surface area contributed by atoms with Gasteiger partial charge in [0.05, 0.1) is 12.7 Å². The Bertz CT molecular complexity index is 1170. The first kappa shape index (κ1) is 26.7. The van der Waals surface area contributed by atoms with E-state index in [0.29, 0.717) is 29.0 Å². The number of rotatable bonds is 6. The molecule has 5 rings (SSSR count). The Labute approximate surface area is 225 Å². The van der Waals surface area contributed by atoms with Gasteiger partial charge in [-0.05, 0) is 86.3 Å². The van der Waals surface area contributed by atoms with Gasteiger partial charge in [0.1, 0.15) is 5.71 Å². The summed E-state index contributed by atoms with van der Waals surface area (Å²) in [4.78, 5) is 30.1. The van der Waals surface area contributed by atoms with Crippen molar-refractivity contribution in [1.82, 2.24) is 5.32 Å². The fraction of sp³-hybridized carbons (Fsp3) is 0.581. The Balaban J connectivity index is 1.22. The molecule has 0 aromatic heterocycles. The average Bonchev–Trinajstić information content (AvgIpc) is 3.16. The zero-order chi connectivity index (χ0) is 27.1. The second kappa shape index (κ2) is 9.99. The third kappa shape index (κ3) is 4.49. The van der Waals surface area contributed by atoms with Crippen LogP contribution in [0, 0.1) is 28.6 Å². The zero-order valence-electron chi connectivity index (χ0n) is 22.9. The first-order chi connectivity index (χ1) is 18.1. The first-order valence-corrected chi connectivity index (χ1v) is 13.8. The zero-order valence-corrected chi connectivity index (χ0v) is 22.9. The van der Waals surface area contributed by atoms with E-state index in [4.69, 9.17) is 9.57 Å². The van der Waals surface area contributed by atoms with Crippen LogP contribution >= 0.6 is 0 Å². The van der Waals surface area contributed by atoms with Crippen LogP contribution in [0.5, 0.6) is 0 Å². The second-order valence-corrected chi connectivity index (χ2v) is 12.2. The number of allylic oxidation sites excluding steroid dienone is 4. The molecule has 0 bridgehead atoms. The van der Waals surface area contributed by atoms with Gasteiger partial charge in [0.25, 0.3) is 5.91 Å². The Hall–Kier alpha value is -2.93. The van der Waals surface area contributed by atoms with E-state index < -0.39 is 23.5 Å². The molecule has 0 unspecified atom stereocenters. The lowest BCUT2D eigenvalue weighted by Gasteiger charge is -2.58. The Morgan fingerprint density at radius 2 is 1.84 bits per heavy atom. The van der Waals surface area contributed by atoms with Crippen LogP contribution in [0.4, 0.5) is 0 Å². The number of carbonyl (C=O) groups excluding carboxylic acids is 2. The van der Waals surface area contributed by atoms with Gasteiger partial charge in [0.15, 0.2) is 12.6 Å². The van der Waals surface area contributed by atoms with E-state index in [1.54, 1.807) is 24.3 Å². The molecule has 1 aromatic carbocycles. The van der Waals surface area contributed by atoms with Gasteiger partial charge in [0.2, 0.25) is 0 Å². The van der Waals surface area contributed by atoms with E-state index in [0.717, 1.165) is 38.5 Å². The van der Waals surface area contributed by atoms with Crippen LogP contribution in [0.3, 0.4) is 0 Å². The van der Waals surface area contributed by atoms with Crippen LogP contribution in [0.15, 0.2) is 59.3 Å². The van der Waals surface area contributed by atoms with E-state index in [9.17, 15) is 14.7 Å². The molecule has 7 nitrogen and oxygen atoms in total. The van der Waals surface area contributed by atoms with Gasteiger partial charge in [-0.2, -0.15) is 0 Å². The van der Waals surface area contributed by atoms with E-state index in [-0.39, 0.29) is 17.4 Å². The molecule has 0 heterocycles. The highest BCUT2D eigenvalue weighted by molar-refractivity contribution is 6.05. The molecule has 0 spiro atoms. The Morgan fingerprint density at radius 3 is 2.58 bits per heavy atom. The van der Waals surface area contributed by atoms with Crippen molar-refractivity contribution in [3.05, 3.63) is 59.7 Å². The molecule has 7 atom stereocenters. The maximum atomic E-state index is 12.5. The minimum atomic E-state index is -0.904. The summed E-state index contributed by atoms with van der Waals surface area (Å²) in [5, 5.41) is 18.0. The third-order valence-electron chi connectivity index (χ3n) is 10.4.